The number of rotatable bonds is 6. The lowest BCUT2D eigenvalue weighted by Crippen LogP contribution is -2.16. The molecule has 3 aromatic rings. The van der Waals surface area contributed by atoms with Gasteiger partial charge in [0.15, 0.2) is 0 Å². The molecule has 2 saturated heterocycles. The van der Waals surface area contributed by atoms with Gasteiger partial charge >= 0.3 is 0 Å². The van der Waals surface area contributed by atoms with Crippen LogP contribution in [0, 0.1) is 0 Å². The van der Waals surface area contributed by atoms with Crippen molar-refractivity contribution in [3.05, 3.63) is 66.2 Å². The fourth-order valence-electron chi connectivity index (χ4n) is 3.94. The minimum absolute atomic E-state index is 0. The van der Waals surface area contributed by atoms with Gasteiger partial charge in [0.05, 0.1) is 0 Å². The molecule has 5 rings (SSSR count). The Bertz CT molecular complexity index is 939. The minimum Gasteiger partial charge on any atom is -0.457 e. The van der Waals surface area contributed by atoms with Crippen LogP contribution in [-0.4, -0.2) is 41.1 Å². The molecule has 2 fully saturated rings. The van der Waals surface area contributed by atoms with Gasteiger partial charge in [-0.15, -0.1) is 12.4 Å². The molecule has 1 aromatic heterocycles. The van der Waals surface area contributed by atoms with Crippen LogP contribution in [0.25, 0.3) is 0 Å². The van der Waals surface area contributed by atoms with E-state index in [9.17, 15) is 0 Å². The Morgan fingerprint density at radius 1 is 0.742 bits per heavy atom. The summed E-state index contributed by atoms with van der Waals surface area (Å²) in [5.74, 6) is 4.71. The number of nitrogens with zero attached hydrogens (tertiary/aromatic N) is 3. The van der Waals surface area contributed by atoms with Gasteiger partial charge in [-0.2, -0.15) is 9.97 Å². The molecule has 2 unspecified atom stereocenters. The van der Waals surface area contributed by atoms with E-state index in [4.69, 9.17) is 19.7 Å². The number of anilines is 2. The smallest absolute Gasteiger partial charge is 0.230 e. The van der Waals surface area contributed by atoms with Crippen LogP contribution in [0.5, 0.6) is 11.5 Å². The first kappa shape index (κ1) is 21.5. The summed E-state index contributed by atoms with van der Waals surface area (Å²) in [5.41, 5.74) is 0.924. The third-order valence-corrected chi connectivity index (χ3v) is 5.61. The van der Waals surface area contributed by atoms with Crippen molar-refractivity contribution in [2.45, 2.75) is 24.7 Å². The van der Waals surface area contributed by atoms with Crippen molar-refractivity contribution in [2.75, 3.05) is 31.5 Å². The van der Waals surface area contributed by atoms with E-state index in [1.165, 1.54) is 0 Å². The minimum atomic E-state index is 0. The molecule has 0 spiro atoms. The van der Waals surface area contributed by atoms with Crippen LogP contribution in [0.2, 0.25) is 0 Å². The summed E-state index contributed by atoms with van der Waals surface area (Å²) in [6.07, 6.45) is 2.13. The Morgan fingerprint density at radius 3 is 1.87 bits per heavy atom. The van der Waals surface area contributed by atoms with Crippen LogP contribution in [0.4, 0.5) is 11.6 Å². The molecule has 0 saturated carbocycles. The average molecular weight is 439 g/mol. The maximum atomic E-state index is 5.87. The molecule has 2 aliphatic rings. The van der Waals surface area contributed by atoms with Crippen molar-refractivity contribution < 1.29 is 4.74 Å². The predicted octanol–water partition coefficient (Wildman–Crippen LogP) is 3.98. The molecule has 3 N–H and O–H groups in total. The maximum Gasteiger partial charge on any atom is 0.230 e. The summed E-state index contributed by atoms with van der Waals surface area (Å²) in [4.78, 5) is 14.3. The Labute approximate surface area is 188 Å². The molecular weight excluding hydrogens is 412 g/mol. The van der Waals surface area contributed by atoms with Crippen LogP contribution in [-0.2, 0) is 0 Å². The zero-order chi connectivity index (χ0) is 20.2. The van der Waals surface area contributed by atoms with Crippen molar-refractivity contribution in [2.24, 2.45) is 0 Å². The van der Waals surface area contributed by atoms with Crippen molar-refractivity contribution in [1.82, 2.24) is 25.6 Å². The third kappa shape index (κ3) is 5.31. The number of halogens is 1. The fraction of sp³-hybridized carbons (Fsp3) is 0.348. The van der Waals surface area contributed by atoms with Gasteiger partial charge in [0, 0.05) is 30.6 Å². The van der Waals surface area contributed by atoms with E-state index in [0.29, 0.717) is 17.8 Å². The number of aromatic nitrogens is 3. The molecule has 0 aliphatic carbocycles. The summed E-state index contributed by atoms with van der Waals surface area (Å²) in [5, 5.41) is 10.2. The molecule has 2 atom stereocenters. The molecular formula is C23H27ClN6O. The zero-order valence-electron chi connectivity index (χ0n) is 17.3. The van der Waals surface area contributed by atoms with E-state index in [2.05, 4.69) is 16.0 Å². The monoisotopic (exact) mass is 438 g/mol. The van der Waals surface area contributed by atoms with Crippen LogP contribution in [0.15, 0.2) is 54.6 Å². The highest BCUT2D eigenvalue weighted by molar-refractivity contribution is 5.85. The van der Waals surface area contributed by atoms with E-state index < -0.39 is 0 Å². The summed E-state index contributed by atoms with van der Waals surface area (Å²) in [6.45, 7) is 3.89. The molecule has 0 amide bonds. The molecule has 2 aromatic carbocycles. The molecule has 7 nitrogen and oxygen atoms in total. The van der Waals surface area contributed by atoms with Crippen molar-refractivity contribution in [3.8, 4) is 11.5 Å². The second kappa shape index (κ2) is 10.0. The molecule has 0 bridgehead atoms. The van der Waals surface area contributed by atoms with Crippen molar-refractivity contribution in [3.63, 3.8) is 0 Å². The van der Waals surface area contributed by atoms with E-state index in [0.717, 1.165) is 67.9 Å². The first-order chi connectivity index (χ1) is 14.8. The van der Waals surface area contributed by atoms with Gasteiger partial charge < -0.3 is 20.7 Å². The molecule has 3 heterocycles. The Balaban J connectivity index is 0.00000231. The lowest BCUT2D eigenvalue weighted by Gasteiger charge is -2.15. The normalized spacial score (nSPS) is 20.3. The summed E-state index contributed by atoms with van der Waals surface area (Å²) in [6, 6.07) is 17.6. The number of ether oxygens (including phenoxy) is 1. The van der Waals surface area contributed by atoms with Crippen LogP contribution in [0.3, 0.4) is 0 Å². The second-order valence-corrected chi connectivity index (χ2v) is 7.82. The molecule has 2 aliphatic heterocycles. The number of hydrogen-bond donors (Lipinski definition) is 3. The van der Waals surface area contributed by atoms with Gasteiger partial charge in [-0.25, -0.2) is 4.98 Å². The second-order valence-electron chi connectivity index (χ2n) is 7.82. The van der Waals surface area contributed by atoms with Gasteiger partial charge in [0.2, 0.25) is 5.95 Å². The highest BCUT2D eigenvalue weighted by atomic mass is 35.5. The lowest BCUT2D eigenvalue weighted by atomic mass is 10.1. The van der Waals surface area contributed by atoms with Gasteiger partial charge in [-0.3, -0.25) is 0 Å². The highest BCUT2D eigenvalue weighted by Crippen LogP contribution is 2.27. The summed E-state index contributed by atoms with van der Waals surface area (Å²) in [7, 11) is 0. The molecule has 162 valence electrons. The average Bonchev–Trinajstić information content (AvgIpc) is 3.50. The maximum absolute atomic E-state index is 5.87. The lowest BCUT2D eigenvalue weighted by molar-refractivity contribution is 0.483. The topological polar surface area (TPSA) is 84.0 Å². The Morgan fingerprint density at radius 2 is 1.32 bits per heavy atom. The molecule has 8 heteroatoms. The van der Waals surface area contributed by atoms with Gasteiger partial charge in [0.1, 0.15) is 23.1 Å². The standard InChI is InChI=1S/C23H26N6O.ClH/c1-2-4-19(5-3-1)30-20-8-6-18(7-9-20)26-23-28-21(16-10-12-24-14-16)27-22(29-23)17-11-13-25-15-17;/h1-9,16-17,24-25H,10-15H2,(H,26,27,28,29);1H. The molecule has 0 radical (unpaired) electrons. The van der Waals surface area contributed by atoms with E-state index in [-0.39, 0.29) is 12.4 Å². The highest BCUT2D eigenvalue weighted by Gasteiger charge is 2.25. The van der Waals surface area contributed by atoms with E-state index in [1.54, 1.807) is 0 Å². The zero-order valence-corrected chi connectivity index (χ0v) is 18.1. The predicted molar refractivity (Wildman–Crippen MR) is 124 cm³/mol. The number of benzene rings is 2. The SMILES string of the molecule is Cl.c1ccc(Oc2ccc(Nc3nc(C4CCNC4)nc(C4CCNC4)n3)cc2)cc1. The van der Waals surface area contributed by atoms with Crippen molar-refractivity contribution in [1.29, 1.82) is 0 Å². The van der Waals surface area contributed by atoms with Gasteiger partial charge in [-0.1, -0.05) is 18.2 Å². The molecule has 31 heavy (non-hydrogen) atoms. The number of para-hydroxylation sites is 1. The quantitative estimate of drug-likeness (QED) is 0.536. The fourth-order valence-corrected chi connectivity index (χ4v) is 3.94. The number of hydrogen-bond acceptors (Lipinski definition) is 7. The Hall–Kier alpha value is -2.74. The summed E-state index contributed by atoms with van der Waals surface area (Å²) < 4.78 is 5.87. The third-order valence-electron chi connectivity index (χ3n) is 5.61. The van der Waals surface area contributed by atoms with E-state index in [1.807, 2.05) is 54.6 Å². The van der Waals surface area contributed by atoms with Crippen LogP contribution >= 0.6 is 12.4 Å². The largest absolute Gasteiger partial charge is 0.457 e. The van der Waals surface area contributed by atoms with Gasteiger partial charge in [-0.05, 0) is 62.3 Å². The van der Waals surface area contributed by atoms with Crippen LogP contribution < -0.4 is 20.7 Å². The first-order valence-corrected chi connectivity index (χ1v) is 10.6. The Kier molecular flexibility index (Phi) is 6.96. The van der Waals surface area contributed by atoms with Gasteiger partial charge in [0.25, 0.3) is 0 Å². The summed E-state index contributed by atoms with van der Waals surface area (Å²) >= 11 is 0. The first-order valence-electron chi connectivity index (χ1n) is 10.6. The van der Waals surface area contributed by atoms with Crippen LogP contribution in [0.1, 0.15) is 36.3 Å². The van der Waals surface area contributed by atoms with E-state index >= 15 is 0 Å². The number of nitrogens with one attached hydrogen (secondary N) is 3. The van der Waals surface area contributed by atoms with Crippen molar-refractivity contribution >= 4 is 24.0 Å².